The first-order valence-corrected chi connectivity index (χ1v) is 6.71. The van der Waals surface area contributed by atoms with Gasteiger partial charge in [-0.3, -0.25) is 0 Å². The second-order valence-electron chi connectivity index (χ2n) is 5.11. The molecule has 0 unspecified atom stereocenters. The summed E-state index contributed by atoms with van der Waals surface area (Å²) in [7, 11) is 0. The number of hydrogen-bond acceptors (Lipinski definition) is 2. The Labute approximate surface area is 126 Å². The van der Waals surface area contributed by atoms with Crippen molar-refractivity contribution < 1.29 is 17.9 Å². The lowest BCUT2D eigenvalue weighted by molar-refractivity contribution is -0.137. The Morgan fingerprint density at radius 1 is 1.09 bits per heavy atom. The number of benzene rings is 2. The highest BCUT2D eigenvalue weighted by Gasteiger charge is 2.34. The zero-order valence-corrected chi connectivity index (χ0v) is 12.1. The van der Waals surface area contributed by atoms with Crippen LogP contribution in [0.25, 0.3) is 0 Å². The standard InChI is InChI=1S/C17H14F3NO/c1-11(2)14-5-3-4-6-16(14)22-13-8-7-12(10-21)15(9-13)17(18,19)20/h3-9,11H,1-2H3. The van der Waals surface area contributed by atoms with E-state index in [-0.39, 0.29) is 11.7 Å². The minimum atomic E-state index is -4.60. The summed E-state index contributed by atoms with van der Waals surface area (Å²) in [5, 5.41) is 8.79. The van der Waals surface area contributed by atoms with Crippen molar-refractivity contribution in [3.05, 3.63) is 59.2 Å². The van der Waals surface area contributed by atoms with Crippen LogP contribution in [0.3, 0.4) is 0 Å². The fraction of sp³-hybridized carbons (Fsp3) is 0.235. The van der Waals surface area contributed by atoms with Crippen molar-refractivity contribution >= 4 is 0 Å². The van der Waals surface area contributed by atoms with Gasteiger partial charge in [0.25, 0.3) is 0 Å². The molecule has 0 aliphatic rings. The summed E-state index contributed by atoms with van der Waals surface area (Å²) in [6, 6.07) is 12.1. The van der Waals surface area contributed by atoms with Gasteiger partial charge in [-0.1, -0.05) is 32.0 Å². The lowest BCUT2D eigenvalue weighted by Gasteiger charge is -2.15. The van der Waals surface area contributed by atoms with Crippen molar-refractivity contribution in [2.75, 3.05) is 0 Å². The third kappa shape index (κ3) is 3.40. The smallest absolute Gasteiger partial charge is 0.417 e. The van der Waals surface area contributed by atoms with Crippen LogP contribution in [0.2, 0.25) is 0 Å². The van der Waals surface area contributed by atoms with Crippen molar-refractivity contribution in [3.63, 3.8) is 0 Å². The molecule has 0 N–H and O–H groups in total. The third-order valence-corrected chi connectivity index (χ3v) is 3.19. The van der Waals surface area contributed by atoms with Gasteiger partial charge in [-0.2, -0.15) is 18.4 Å². The predicted molar refractivity (Wildman–Crippen MR) is 76.8 cm³/mol. The van der Waals surface area contributed by atoms with Gasteiger partial charge in [0.15, 0.2) is 0 Å². The van der Waals surface area contributed by atoms with Crippen molar-refractivity contribution in [3.8, 4) is 17.6 Å². The SMILES string of the molecule is CC(C)c1ccccc1Oc1ccc(C#N)c(C(F)(F)F)c1. The number of nitriles is 1. The molecule has 0 saturated carbocycles. The zero-order chi connectivity index (χ0) is 16.3. The van der Waals surface area contributed by atoms with Crippen LogP contribution in [0.15, 0.2) is 42.5 Å². The average molecular weight is 305 g/mol. The summed E-state index contributed by atoms with van der Waals surface area (Å²) in [5.74, 6) is 0.742. The number of ether oxygens (including phenoxy) is 1. The summed E-state index contributed by atoms with van der Waals surface area (Å²) in [6.07, 6.45) is -4.60. The Kier molecular flexibility index (Phi) is 4.41. The number of hydrogen-bond donors (Lipinski definition) is 0. The average Bonchev–Trinajstić information content (AvgIpc) is 2.46. The fourth-order valence-electron chi connectivity index (χ4n) is 2.10. The second kappa shape index (κ2) is 6.10. The van der Waals surface area contributed by atoms with E-state index in [0.29, 0.717) is 5.75 Å². The first kappa shape index (κ1) is 15.9. The van der Waals surface area contributed by atoms with Gasteiger partial charge in [-0.25, -0.2) is 0 Å². The van der Waals surface area contributed by atoms with Crippen LogP contribution < -0.4 is 4.74 Å². The minimum Gasteiger partial charge on any atom is -0.457 e. The Balaban J connectivity index is 2.42. The third-order valence-electron chi connectivity index (χ3n) is 3.19. The van der Waals surface area contributed by atoms with Gasteiger partial charge >= 0.3 is 6.18 Å². The highest BCUT2D eigenvalue weighted by atomic mass is 19.4. The molecule has 0 fully saturated rings. The number of para-hydroxylation sites is 1. The van der Waals surface area contributed by atoms with Gasteiger partial charge in [0.2, 0.25) is 0 Å². The van der Waals surface area contributed by atoms with E-state index < -0.39 is 17.3 Å². The molecule has 0 spiro atoms. The minimum absolute atomic E-state index is 0.0550. The molecule has 114 valence electrons. The predicted octanol–water partition coefficient (Wildman–Crippen LogP) is 5.49. The highest BCUT2D eigenvalue weighted by Crippen LogP contribution is 2.36. The van der Waals surface area contributed by atoms with Crippen LogP contribution in [0.4, 0.5) is 13.2 Å². The number of rotatable bonds is 3. The van der Waals surface area contributed by atoms with Crippen LogP contribution in [0.1, 0.15) is 36.5 Å². The van der Waals surface area contributed by atoms with Crippen LogP contribution >= 0.6 is 0 Å². The molecule has 22 heavy (non-hydrogen) atoms. The molecule has 0 bridgehead atoms. The summed E-state index contributed by atoms with van der Waals surface area (Å²) in [4.78, 5) is 0. The first-order valence-electron chi connectivity index (χ1n) is 6.71. The molecule has 0 aromatic heterocycles. The molecule has 0 atom stereocenters. The highest BCUT2D eigenvalue weighted by molar-refractivity contribution is 5.46. The Hall–Kier alpha value is -2.48. The van der Waals surface area contributed by atoms with Crippen molar-refractivity contribution in [2.45, 2.75) is 25.9 Å². The van der Waals surface area contributed by atoms with Crippen molar-refractivity contribution in [1.82, 2.24) is 0 Å². The Morgan fingerprint density at radius 2 is 1.77 bits per heavy atom. The van der Waals surface area contributed by atoms with Gasteiger partial charge in [0, 0.05) is 0 Å². The second-order valence-corrected chi connectivity index (χ2v) is 5.11. The number of halogens is 3. The Morgan fingerprint density at radius 3 is 2.36 bits per heavy atom. The summed E-state index contributed by atoms with van der Waals surface area (Å²) < 4.78 is 44.5. The van der Waals surface area contributed by atoms with Crippen LogP contribution in [-0.2, 0) is 6.18 Å². The zero-order valence-electron chi connectivity index (χ0n) is 12.1. The van der Waals surface area contributed by atoms with E-state index in [1.807, 2.05) is 26.0 Å². The van der Waals surface area contributed by atoms with E-state index in [1.165, 1.54) is 6.07 Å². The molecule has 2 aromatic rings. The molecular formula is C17H14F3NO. The molecular weight excluding hydrogens is 291 g/mol. The first-order chi connectivity index (χ1) is 10.3. The van der Waals surface area contributed by atoms with E-state index >= 15 is 0 Å². The monoisotopic (exact) mass is 305 g/mol. The molecule has 0 amide bonds. The molecule has 0 aliphatic carbocycles. The maximum atomic E-state index is 13.0. The van der Waals surface area contributed by atoms with Crippen LogP contribution in [-0.4, -0.2) is 0 Å². The van der Waals surface area contributed by atoms with Crippen LogP contribution in [0.5, 0.6) is 11.5 Å². The quantitative estimate of drug-likeness (QED) is 0.751. The molecule has 2 rings (SSSR count). The topological polar surface area (TPSA) is 33.0 Å². The van der Waals surface area contributed by atoms with Gasteiger partial charge in [0.1, 0.15) is 11.5 Å². The molecule has 2 nitrogen and oxygen atoms in total. The van der Waals surface area contributed by atoms with Gasteiger partial charge in [0.05, 0.1) is 17.2 Å². The molecule has 2 aromatic carbocycles. The maximum Gasteiger partial charge on any atom is 0.417 e. The Bertz CT molecular complexity index is 715. The van der Waals surface area contributed by atoms with Gasteiger partial charge in [-0.05, 0) is 35.7 Å². The molecule has 0 heterocycles. The normalized spacial score (nSPS) is 11.3. The van der Waals surface area contributed by atoms with E-state index in [4.69, 9.17) is 10.00 Å². The van der Waals surface area contributed by atoms with Gasteiger partial charge in [-0.15, -0.1) is 0 Å². The summed E-state index contributed by atoms with van der Waals surface area (Å²) >= 11 is 0. The molecule has 0 saturated heterocycles. The maximum absolute atomic E-state index is 13.0. The lowest BCUT2D eigenvalue weighted by Crippen LogP contribution is -2.08. The summed E-state index contributed by atoms with van der Waals surface area (Å²) in [5.41, 5.74) is -0.507. The molecule has 0 radical (unpaired) electrons. The molecule has 0 aliphatic heterocycles. The van der Waals surface area contributed by atoms with E-state index in [0.717, 1.165) is 17.7 Å². The number of alkyl halides is 3. The van der Waals surface area contributed by atoms with Crippen molar-refractivity contribution in [1.29, 1.82) is 5.26 Å². The molecule has 5 heteroatoms. The largest absolute Gasteiger partial charge is 0.457 e. The van der Waals surface area contributed by atoms with E-state index in [2.05, 4.69) is 0 Å². The van der Waals surface area contributed by atoms with Crippen LogP contribution in [0, 0.1) is 11.3 Å². The van der Waals surface area contributed by atoms with E-state index in [9.17, 15) is 13.2 Å². The van der Waals surface area contributed by atoms with Crippen molar-refractivity contribution in [2.24, 2.45) is 0 Å². The summed E-state index contributed by atoms with van der Waals surface area (Å²) in [6.45, 7) is 3.95. The van der Waals surface area contributed by atoms with E-state index in [1.54, 1.807) is 18.2 Å². The lowest BCUT2D eigenvalue weighted by atomic mass is 10.0. The fourth-order valence-corrected chi connectivity index (χ4v) is 2.10. The number of nitrogens with zero attached hydrogens (tertiary/aromatic N) is 1. The van der Waals surface area contributed by atoms with Gasteiger partial charge < -0.3 is 4.74 Å².